The molecule has 0 unspecified atom stereocenters. The van der Waals surface area contributed by atoms with Crippen molar-refractivity contribution in [3.63, 3.8) is 0 Å². The van der Waals surface area contributed by atoms with Gasteiger partial charge in [0.1, 0.15) is 0 Å². The molecule has 1 amide bonds. The van der Waals surface area contributed by atoms with E-state index < -0.39 is 33.0 Å². The minimum absolute atomic E-state index is 0.0828. The standard InChI is InChI=1S/C14H11F3N2O3S/c1-23(21,22)12-7-6-9(8-18-12)19-13(20)10-4-2-3-5-11(10)14(15,16)17/h2-8H,1H3,(H,19,20). The molecule has 1 N–H and O–H groups in total. The Hall–Kier alpha value is -2.42. The molecule has 1 aromatic heterocycles. The molecule has 122 valence electrons. The molecule has 0 aliphatic carbocycles. The topological polar surface area (TPSA) is 76.1 Å². The molecule has 0 atom stereocenters. The van der Waals surface area contributed by atoms with E-state index in [1.165, 1.54) is 18.2 Å². The van der Waals surface area contributed by atoms with E-state index in [1.54, 1.807) is 0 Å². The molecule has 0 fully saturated rings. The molecule has 0 radical (unpaired) electrons. The quantitative estimate of drug-likeness (QED) is 0.929. The number of sulfone groups is 1. The van der Waals surface area contributed by atoms with E-state index in [1.807, 2.05) is 0 Å². The minimum Gasteiger partial charge on any atom is -0.321 e. The maximum Gasteiger partial charge on any atom is 0.417 e. The van der Waals surface area contributed by atoms with Crippen molar-refractivity contribution in [3.05, 3.63) is 53.7 Å². The van der Waals surface area contributed by atoms with Crippen molar-refractivity contribution in [1.29, 1.82) is 0 Å². The van der Waals surface area contributed by atoms with Crippen molar-refractivity contribution >= 4 is 21.4 Å². The van der Waals surface area contributed by atoms with Crippen molar-refractivity contribution < 1.29 is 26.4 Å². The second-order valence-corrected chi connectivity index (χ2v) is 6.62. The van der Waals surface area contributed by atoms with Crippen LogP contribution in [0.5, 0.6) is 0 Å². The van der Waals surface area contributed by atoms with Crippen LogP contribution in [0.3, 0.4) is 0 Å². The van der Waals surface area contributed by atoms with Crippen LogP contribution in [0.4, 0.5) is 18.9 Å². The number of anilines is 1. The number of pyridine rings is 1. The summed E-state index contributed by atoms with van der Waals surface area (Å²) in [5, 5.41) is 2.05. The van der Waals surface area contributed by atoms with Gasteiger partial charge in [0.05, 0.1) is 23.0 Å². The monoisotopic (exact) mass is 344 g/mol. The lowest BCUT2D eigenvalue weighted by atomic mass is 10.1. The molecule has 9 heteroatoms. The van der Waals surface area contributed by atoms with Crippen molar-refractivity contribution in [3.8, 4) is 0 Å². The Kier molecular flexibility index (Phi) is 4.42. The van der Waals surface area contributed by atoms with Crippen LogP contribution in [0.25, 0.3) is 0 Å². The molecule has 0 saturated heterocycles. The maximum absolute atomic E-state index is 12.9. The molecule has 2 aromatic rings. The van der Waals surface area contributed by atoms with Gasteiger partial charge in [-0.05, 0) is 24.3 Å². The molecular weight excluding hydrogens is 333 g/mol. The number of hydrogen-bond acceptors (Lipinski definition) is 4. The number of aromatic nitrogens is 1. The van der Waals surface area contributed by atoms with E-state index in [0.717, 1.165) is 30.7 Å². The molecule has 0 saturated carbocycles. The number of amides is 1. The number of nitrogens with one attached hydrogen (secondary N) is 1. The molecule has 1 aromatic carbocycles. The summed E-state index contributed by atoms with van der Waals surface area (Å²) in [4.78, 5) is 15.6. The smallest absolute Gasteiger partial charge is 0.321 e. The zero-order chi connectivity index (χ0) is 17.3. The first-order chi connectivity index (χ1) is 10.6. The second-order valence-electron chi connectivity index (χ2n) is 4.65. The number of hydrogen-bond donors (Lipinski definition) is 1. The highest BCUT2D eigenvalue weighted by Gasteiger charge is 2.34. The van der Waals surface area contributed by atoms with Crippen LogP contribution < -0.4 is 5.32 Å². The van der Waals surface area contributed by atoms with Gasteiger partial charge in [0.15, 0.2) is 14.9 Å². The van der Waals surface area contributed by atoms with Gasteiger partial charge in [-0.3, -0.25) is 4.79 Å². The van der Waals surface area contributed by atoms with Crippen LogP contribution >= 0.6 is 0 Å². The fraction of sp³-hybridized carbons (Fsp3) is 0.143. The lowest BCUT2D eigenvalue weighted by Crippen LogP contribution is -2.18. The van der Waals surface area contributed by atoms with E-state index in [0.29, 0.717) is 0 Å². The van der Waals surface area contributed by atoms with Crippen LogP contribution in [-0.2, 0) is 16.0 Å². The zero-order valence-corrected chi connectivity index (χ0v) is 12.6. The normalized spacial score (nSPS) is 12.0. The van der Waals surface area contributed by atoms with E-state index >= 15 is 0 Å². The second kappa shape index (κ2) is 5.99. The fourth-order valence-corrected chi connectivity index (χ4v) is 2.36. The van der Waals surface area contributed by atoms with Gasteiger partial charge in [-0.2, -0.15) is 13.2 Å². The van der Waals surface area contributed by atoms with Crippen LogP contribution in [0.1, 0.15) is 15.9 Å². The first kappa shape index (κ1) is 16.9. The summed E-state index contributed by atoms with van der Waals surface area (Å²) < 4.78 is 61.2. The Morgan fingerprint density at radius 2 is 1.78 bits per heavy atom. The first-order valence-corrected chi connectivity index (χ1v) is 8.12. The Bertz CT molecular complexity index is 831. The number of alkyl halides is 3. The average Bonchev–Trinajstić information content (AvgIpc) is 2.46. The average molecular weight is 344 g/mol. The fourth-order valence-electron chi connectivity index (χ4n) is 1.80. The summed E-state index contributed by atoms with van der Waals surface area (Å²) in [6.45, 7) is 0. The maximum atomic E-state index is 12.9. The van der Waals surface area contributed by atoms with E-state index in [9.17, 15) is 26.4 Å². The summed E-state index contributed by atoms with van der Waals surface area (Å²) >= 11 is 0. The Morgan fingerprint density at radius 3 is 2.30 bits per heavy atom. The third kappa shape index (κ3) is 4.07. The van der Waals surface area contributed by atoms with Gasteiger partial charge in [-0.1, -0.05) is 12.1 Å². The Balaban J connectivity index is 2.27. The number of carbonyl (C=O) groups excluding carboxylic acids is 1. The zero-order valence-electron chi connectivity index (χ0n) is 11.8. The highest BCUT2D eigenvalue weighted by Crippen LogP contribution is 2.32. The summed E-state index contributed by atoms with van der Waals surface area (Å²) in [7, 11) is -3.50. The molecule has 0 aliphatic rings. The summed E-state index contributed by atoms with van der Waals surface area (Å²) in [5.74, 6) is -0.966. The van der Waals surface area contributed by atoms with E-state index in [2.05, 4.69) is 10.3 Å². The predicted octanol–water partition coefficient (Wildman–Crippen LogP) is 2.76. The van der Waals surface area contributed by atoms with Crippen molar-refractivity contribution in [2.45, 2.75) is 11.2 Å². The molecule has 5 nitrogen and oxygen atoms in total. The third-order valence-electron chi connectivity index (χ3n) is 2.85. The predicted molar refractivity (Wildman–Crippen MR) is 76.7 cm³/mol. The van der Waals surface area contributed by atoms with Crippen LogP contribution in [-0.4, -0.2) is 25.6 Å². The number of halogens is 3. The summed E-state index contributed by atoms with van der Waals surface area (Å²) in [5.41, 5.74) is -1.51. The number of benzene rings is 1. The SMILES string of the molecule is CS(=O)(=O)c1ccc(NC(=O)c2ccccc2C(F)(F)F)cn1. The Morgan fingerprint density at radius 1 is 1.13 bits per heavy atom. The highest BCUT2D eigenvalue weighted by atomic mass is 32.2. The molecule has 0 aliphatic heterocycles. The van der Waals surface area contributed by atoms with Crippen molar-refractivity contribution in [2.75, 3.05) is 11.6 Å². The minimum atomic E-state index is -4.66. The lowest BCUT2D eigenvalue weighted by molar-refractivity contribution is -0.137. The van der Waals surface area contributed by atoms with Crippen LogP contribution in [0.2, 0.25) is 0 Å². The molecule has 0 spiro atoms. The van der Waals surface area contributed by atoms with Gasteiger partial charge in [0.2, 0.25) is 0 Å². The van der Waals surface area contributed by atoms with Gasteiger partial charge >= 0.3 is 6.18 Å². The third-order valence-corrected chi connectivity index (χ3v) is 3.85. The molecule has 23 heavy (non-hydrogen) atoms. The van der Waals surface area contributed by atoms with E-state index in [4.69, 9.17) is 0 Å². The number of carbonyl (C=O) groups is 1. The molecule has 0 bridgehead atoms. The summed E-state index contributed by atoms with van der Waals surface area (Å²) in [6.07, 6.45) is -2.63. The highest BCUT2D eigenvalue weighted by molar-refractivity contribution is 7.90. The first-order valence-electron chi connectivity index (χ1n) is 6.23. The number of nitrogens with zero attached hydrogens (tertiary/aromatic N) is 1. The van der Waals surface area contributed by atoms with E-state index in [-0.39, 0.29) is 10.7 Å². The lowest BCUT2D eigenvalue weighted by Gasteiger charge is -2.12. The van der Waals surface area contributed by atoms with Gasteiger partial charge in [-0.25, -0.2) is 13.4 Å². The van der Waals surface area contributed by atoms with Gasteiger partial charge < -0.3 is 5.32 Å². The molecule has 1 heterocycles. The largest absolute Gasteiger partial charge is 0.417 e. The van der Waals surface area contributed by atoms with Gasteiger partial charge in [0.25, 0.3) is 5.91 Å². The van der Waals surface area contributed by atoms with Crippen LogP contribution in [0, 0.1) is 0 Å². The summed E-state index contributed by atoms with van der Waals surface area (Å²) in [6, 6.07) is 6.76. The van der Waals surface area contributed by atoms with Crippen molar-refractivity contribution in [1.82, 2.24) is 4.98 Å². The number of rotatable bonds is 3. The molecule has 2 rings (SSSR count). The van der Waals surface area contributed by atoms with Crippen molar-refractivity contribution in [2.24, 2.45) is 0 Å². The van der Waals surface area contributed by atoms with Crippen LogP contribution in [0.15, 0.2) is 47.6 Å². The van der Waals surface area contributed by atoms with Gasteiger partial charge in [-0.15, -0.1) is 0 Å². The molecular formula is C14H11F3N2O3S. The van der Waals surface area contributed by atoms with Gasteiger partial charge in [0, 0.05) is 6.26 Å². The Labute approximate surface area is 130 Å².